The summed E-state index contributed by atoms with van der Waals surface area (Å²) in [5.74, 6) is 0. The molecule has 0 aliphatic carbocycles. The summed E-state index contributed by atoms with van der Waals surface area (Å²) in [6.45, 7) is 0.0989. The van der Waals surface area contributed by atoms with E-state index in [9.17, 15) is 10.1 Å². The highest BCUT2D eigenvalue weighted by atomic mass is 16.6. The molecule has 14 heavy (non-hydrogen) atoms. The fourth-order valence-electron chi connectivity index (χ4n) is 1.47. The fraction of sp³-hybridized carbons (Fsp3) is 0.333. The highest BCUT2D eigenvalue weighted by Crippen LogP contribution is 2.29. The van der Waals surface area contributed by atoms with Crippen LogP contribution in [0.3, 0.4) is 0 Å². The number of nitro groups is 1. The van der Waals surface area contributed by atoms with E-state index in [2.05, 4.69) is 5.32 Å². The van der Waals surface area contributed by atoms with Gasteiger partial charge in [0.05, 0.1) is 23.6 Å². The van der Waals surface area contributed by atoms with Crippen molar-refractivity contribution in [2.45, 2.75) is 12.1 Å². The molecule has 74 valence electrons. The molecule has 1 aromatic rings. The molecule has 1 aliphatic rings. The first kappa shape index (κ1) is 9.11. The number of non-ortho nitro benzene ring substituents is 1. The Morgan fingerprint density at radius 3 is 2.50 bits per heavy atom. The van der Waals surface area contributed by atoms with Gasteiger partial charge in [-0.25, -0.2) is 0 Å². The summed E-state index contributed by atoms with van der Waals surface area (Å²) in [5, 5.41) is 22.2. The van der Waals surface area contributed by atoms with E-state index in [1.54, 1.807) is 12.1 Å². The van der Waals surface area contributed by atoms with Gasteiger partial charge in [-0.15, -0.1) is 0 Å². The standard InChI is InChI=1S/C9H10N2O3/c12-5-8-9(10-8)6-1-3-7(4-2-6)11(13)14/h1-4,8-10,12H,5H2/t8-,9+/m0/s1. The van der Waals surface area contributed by atoms with Crippen molar-refractivity contribution in [1.82, 2.24) is 5.32 Å². The Morgan fingerprint density at radius 1 is 1.43 bits per heavy atom. The van der Waals surface area contributed by atoms with Gasteiger partial charge >= 0.3 is 0 Å². The maximum Gasteiger partial charge on any atom is 0.269 e. The Bertz CT molecular complexity index is 350. The summed E-state index contributed by atoms with van der Waals surface area (Å²) >= 11 is 0. The molecule has 2 rings (SSSR count). The molecule has 1 heterocycles. The Morgan fingerprint density at radius 2 is 2.07 bits per heavy atom. The van der Waals surface area contributed by atoms with E-state index in [0.717, 1.165) is 5.56 Å². The monoisotopic (exact) mass is 194 g/mol. The molecule has 2 N–H and O–H groups in total. The first-order valence-electron chi connectivity index (χ1n) is 4.33. The van der Waals surface area contributed by atoms with Crippen molar-refractivity contribution in [3.63, 3.8) is 0 Å². The molecule has 5 heteroatoms. The van der Waals surface area contributed by atoms with Gasteiger partial charge < -0.3 is 10.4 Å². The minimum atomic E-state index is -0.423. The van der Waals surface area contributed by atoms with Gasteiger partial charge in [-0.3, -0.25) is 10.1 Å². The van der Waals surface area contributed by atoms with Crippen LogP contribution in [0, 0.1) is 10.1 Å². The molecule has 0 saturated carbocycles. The average molecular weight is 194 g/mol. The van der Waals surface area contributed by atoms with E-state index >= 15 is 0 Å². The highest BCUT2D eigenvalue weighted by Gasteiger charge is 2.36. The number of nitrogens with one attached hydrogen (secondary N) is 1. The molecule has 5 nitrogen and oxygen atoms in total. The van der Waals surface area contributed by atoms with Gasteiger partial charge in [0.15, 0.2) is 0 Å². The quantitative estimate of drug-likeness (QED) is 0.419. The van der Waals surface area contributed by atoms with Crippen molar-refractivity contribution < 1.29 is 10.0 Å². The minimum Gasteiger partial charge on any atom is -0.395 e. The van der Waals surface area contributed by atoms with Gasteiger partial charge in [-0.05, 0) is 5.56 Å². The lowest BCUT2D eigenvalue weighted by molar-refractivity contribution is -0.384. The second kappa shape index (κ2) is 3.36. The second-order valence-corrected chi connectivity index (χ2v) is 3.28. The summed E-state index contributed by atoms with van der Waals surface area (Å²) in [6, 6.07) is 6.64. The highest BCUT2D eigenvalue weighted by molar-refractivity contribution is 5.36. The first-order chi connectivity index (χ1) is 6.72. The zero-order chi connectivity index (χ0) is 10.1. The largest absolute Gasteiger partial charge is 0.395 e. The molecule has 0 bridgehead atoms. The van der Waals surface area contributed by atoms with Gasteiger partial charge in [0.1, 0.15) is 0 Å². The third-order valence-corrected chi connectivity index (χ3v) is 2.35. The Labute approximate surface area is 80.5 Å². The van der Waals surface area contributed by atoms with Crippen LogP contribution in [-0.2, 0) is 0 Å². The Kier molecular flexibility index (Phi) is 2.18. The summed E-state index contributed by atoms with van der Waals surface area (Å²) in [6.07, 6.45) is 0. The molecule has 1 aromatic carbocycles. The lowest BCUT2D eigenvalue weighted by Gasteiger charge is -1.96. The number of hydrogen-bond acceptors (Lipinski definition) is 4. The molecule has 0 aromatic heterocycles. The smallest absolute Gasteiger partial charge is 0.269 e. The van der Waals surface area contributed by atoms with Gasteiger partial charge in [0.2, 0.25) is 0 Å². The normalized spacial score (nSPS) is 24.6. The van der Waals surface area contributed by atoms with Crippen molar-refractivity contribution >= 4 is 5.69 Å². The predicted octanol–water partition coefficient (Wildman–Crippen LogP) is 0.600. The number of nitro benzene ring substituents is 1. The van der Waals surface area contributed by atoms with Crippen molar-refractivity contribution in [1.29, 1.82) is 0 Å². The molecule has 0 amide bonds. The molecule has 0 radical (unpaired) electrons. The molecule has 1 fully saturated rings. The molecule has 1 aliphatic heterocycles. The summed E-state index contributed by atoms with van der Waals surface area (Å²) in [4.78, 5) is 9.95. The van der Waals surface area contributed by atoms with Gasteiger partial charge in [0, 0.05) is 12.1 Å². The van der Waals surface area contributed by atoms with Crippen molar-refractivity contribution in [2.24, 2.45) is 0 Å². The van der Waals surface area contributed by atoms with E-state index in [1.807, 2.05) is 0 Å². The van der Waals surface area contributed by atoms with Crippen LogP contribution in [0.25, 0.3) is 0 Å². The molecule has 0 spiro atoms. The number of nitrogens with zero attached hydrogens (tertiary/aromatic N) is 1. The zero-order valence-corrected chi connectivity index (χ0v) is 7.38. The van der Waals surface area contributed by atoms with E-state index in [-0.39, 0.29) is 24.4 Å². The maximum absolute atomic E-state index is 10.4. The maximum atomic E-state index is 10.4. The summed E-state index contributed by atoms with van der Waals surface area (Å²) < 4.78 is 0. The second-order valence-electron chi connectivity index (χ2n) is 3.28. The number of aliphatic hydroxyl groups excluding tert-OH is 1. The third kappa shape index (κ3) is 1.59. The van der Waals surface area contributed by atoms with Crippen LogP contribution >= 0.6 is 0 Å². The van der Waals surface area contributed by atoms with Crippen LogP contribution in [0.2, 0.25) is 0 Å². The lowest BCUT2D eigenvalue weighted by Crippen LogP contribution is -1.96. The van der Waals surface area contributed by atoms with Crippen LogP contribution in [0.5, 0.6) is 0 Å². The van der Waals surface area contributed by atoms with Crippen molar-refractivity contribution in [3.05, 3.63) is 39.9 Å². The van der Waals surface area contributed by atoms with E-state index < -0.39 is 4.92 Å². The lowest BCUT2D eigenvalue weighted by atomic mass is 10.1. The average Bonchev–Trinajstić information content (AvgIpc) is 2.97. The van der Waals surface area contributed by atoms with Crippen molar-refractivity contribution in [2.75, 3.05) is 6.61 Å². The number of hydrogen-bond donors (Lipinski definition) is 2. The van der Waals surface area contributed by atoms with Gasteiger partial charge in [-0.1, -0.05) is 12.1 Å². The SMILES string of the molecule is O=[N+]([O-])c1ccc([C@H]2N[C@H]2CO)cc1. The zero-order valence-electron chi connectivity index (χ0n) is 7.38. The predicted molar refractivity (Wildman–Crippen MR) is 49.8 cm³/mol. The van der Waals surface area contributed by atoms with Crippen LogP contribution < -0.4 is 5.32 Å². The Hall–Kier alpha value is -1.46. The number of benzene rings is 1. The molecule has 2 atom stereocenters. The molecular weight excluding hydrogens is 184 g/mol. The number of aliphatic hydroxyl groups is 1. The molecular formula is C9H10N2O3. The summed E-state index contributed by atoms with van der Waals surface area (Å²) in [5.41, 5.74) is 1.07. The van der Waals surface area contributed by atoms with Crippen LogP contribution in [0.15, 0.2) is 24.3 Å². The van der Waals surface area contributed by atoms with E-state index in [1.165, 1.54) is 12.1 Å². The molecule has 1 saturated heterocycles. The topological polar surface area (TPSA) is 85.3 Å². The van der Waals surface area contributed by atoms with Crippen LogP contribution in [-0.4, -0.2) is 22.7 Å². The summed E-state index contributed by atoms with van der Waals surface area (Å²) in [7, 11) is 0. The van der Waals surface area contributed by atoms with Crippen LogP contribution in [0.4, 0.5) is 5.69 Å². The third-order valence-electron chi connectivity index (χ3n) is 2.35. The molecule has 0 unspecified atom stereocenters. The van der Waals surface area contributed by atoms with Crippen LogP contribution in [0.1, 0.15) is 11.6 Å². The van der Waals surface area contributed by atoms with Gasteiger partial charge in [-0.2, -0.15) is 0 Å². The fourth-order valence-corrected chi connectivity index (χ4v) is 1.47. The first-order valence-corrected chi connectivity index (χ1v) is 4.33. The Balaban J connectivity index is 2.11. The number of rotatable bonds is 3. The minimum absolute atomic E-state index is 0.0925. The van der Waals surface area contributed by atoms with E-state index in [4.69, 9.17) is 5.11 Å². The van der Waals surface area contributed by atoms with Crippen molar-refractivity contribution in [3.8, 4) is 0 Å². The van der Waals surface area contributed by atoms with E-state index in [0.29, 0.717) is 0 Å². The van der Waals surface area contributed by atoms with Gasteiger partial charge in [0.25, 0.3) is 5.69 Å².